The lowest BCUT2D eigenvalue weighted by Gasteiger charge is -2.23. The number of amides is 2. The number of ether oxygens (including phenoxy) is 1. The molecule has 0 aromatic carbocycles. The van der Waals surface area contributed by atoms with Crippen molar-refractivity contribution in [3.63, 3.8) is 0 Å². The SMILES string of the molecule is CCC[C@H](NC(=O)OC(C)(C)C)C(=O)NCC(=O)O. The summed E-state index contributed by atoms with van der Waals surface area (Å²) in [6, 6.07) is -0.792. The van der Waals surface area contributed by atoms with Crippen molar-refractivity contribution in [1.29, 1.82) is 0 Å². The van der Waals surface area contributed by atoms with E-state index in [0.717, 1.165) is 0 Å². The first-order valence-electron chi connectivity index (χ1n) is 6.14. The molecule has 0 saturated heterocycles. The van der Waals surface area contributed by atoms with Crippen molar-refractivity contribution in [2.75, 3.05) is 6.54 Å². The average molecular weight is 274 g/mol. The van der Waals surface area contributed by atoms with Crippen LogP contribution in [0.1, 0.15) is 40.5 Å². The molecular formula is C12H22N2O5. The summed E-state index contributed by atoms with van der Waals surface area (Å²) in [6.07, 6.45) is 0.377. The predicted molar refractivity (Wildman–Crippen MR) is 68.7 cm³/mol. The molecule has 0 saturated carbocycles. The maximum absolute atomic E-state index is 11.7. The Morgan fingerprint density at radius 2 is 1.84 bits per heavy atom. The molecule has 0 aliphatic carbocycles. The summed E-state index contributed by atoms with van der Waals surface area (Å²) in [5, 5.41) is 13.1. The van der Waals surface area contributed by atoms with Crippen molar-refractivity contribution in [2.24, 2.45) is 0 Å². The number of carboxylic acid groups (broad SMARTS) is 1. The molecule has 0 spiro atoms. The van der Waals surface area contributed by atoms with Gasteiger partial charge in [0.15, 0.2) is 0 Å². The van der Waals surface area contributed by atoms with Gasteiger partial charge in [-0.25, -0.2) is 4.79 Å². The monoisotopic (exact) mass is 274 g/mol. The van der Waals surface area contributed by atoms with Gasteiger partial charge in [0, 0.05) is 0 Å². The Hall–Kier alpha value is -1.79. The highest BCUT2D eigenvalue weighted by atomic mass is 16.6. The fraction of sp³-hybridized carbons (Fsp3) is 0.750. The molecule has 0 aliphatic heterocycles. The molecule has 0 unspecified atom stereocenters. The van der Waals surface area contributed by atoms with E-state index < -0.39 is 36.2 Å². The second kappa shape index (κ2) is 7.60. The molecule has 0 heterocycles. The second-order valence-corrected chi connectivity index (χ2v) is 5.10. The minimum atomic E-state index is -1.14. The van der Waals surface area contributed by atoms with E-state index in [2.05, 4.69) is 10.6 Å². The summed E-state index contributed by atoms with van der Waals surface area (Å²) in [5.41, 5.74) is -0.654. The van der Waals surface area contributed by atoms with E-state index in [1.807, 2.05) is 6.92 Å². The van der Waals surface area contributed by atoms with Gasteiger partial charge in [-0.3, -0.25) is 9.59 Å². The molecule has 7 heteroatoms. The van der Waals surface area contributed by atoms with Crippen molar-refractivity contribution in [1.82, 2.24) is 10.6 Å². The van der Waals surface area contributed by atoms with Crippen LogP contribution in [0.3, 0.4) is 0 Å². The van der Waals surface area contributed by atoms with Gasteiger partial charge in [-0.2, -0.15) is 0 Å². The number of hydrogen-bond acceptors (Lipinski definition) is 4. The Labute approximate surface area is 112 Å². The zero-order valence-corrected chi connectivity index (χ0v) is 11.8. The molecule has 0 aliphatic rings. The van der Waals surface area contributed by atoms with Crippen molar-refractivity contribution in [2.45, 2.75) is 52.2 Å². The first-order chi connectivity index (χ1) is 8.65. The largest absolute Gasteiger partial charge is 0.480 e. The number of rotatable bonds is 6. The molecule has 3 N–H and O–H groups in total. The summed E-state index contributed by atoms with van der Waals surface area (Å²) in [6.45, 7) is 6.52. The van der Waals surface area contributed by atoms with E-state index in [1.165, 1.54) is 0 Å². The highest BCUT2D eigenvalue weighted by Crippen LogP contribution is 2.07. The number of alkyl carbamates (subject to hydrolysis) is 1. The van der Waals surface area contributed by atoms with Gasteiger partial charge >= 0.3 is 12.1 Å². The van der Waals surface area contributed by atoms with E-state index in [0.29, 0.717) is 12.8 Å². The van der Waals surface area contributed by atoms with Crippen LogP contribution < -0.4 is 10.6 Å². The lowest BCUT2D eigenvalue weighted by molar-refractivity contribution is -0.138. The lowest BCUT2D eigenvalue weighted by atomic mass is 10.1. The molecule has 0 fully saturated rings. The van der Waals surface area contributed by atoms with Crippen LogP contribution in [0.15, 0.2) is 0 Å². The third kappa shape index (κ3) is 8.87. The summed E-state index contributed by atoms with van der Waals surface area (Å²) >= 11 is 0. The first kappa shape index (κ1) is 17.2. The van der Waals surface area contributed by atoms with Gasteiger partial charge in [-0.15, -0.1) is 0 Å². The van der Waals surface area contributed by atoms with Crippen LogP contribution in [0.25, 0.3) is 0 Å². The van der Waals surface area contributed by atoms with E-state index in [-0.39, 0.29) is 0 Å². The quantitative estimate of drug-likeness (QED) is 0.667. The number of hydrogen-bond donors (Lipinski definition) is 3. The van der Waals surface area contributed by atoms with Crippen LogP contribution in [-0.4, -0.2) is 41.3 Å². The minimum absolute atomic E-state index is 0.407. The molecule has 0 radical (unpaired) electrons. The molecule has 0 aromatic heterocycles. The Balaban J connectivity index is 4.43. The predicted octanol–water partition coefficient (Wildman–Crippen LogP) is 0.881. The fourth-order valence-corrected chi connectivity index (χ4v) is 1.29. The van der Waals surface area contributed by atoms with Crippen LogP contribution >= 0.6 is 0 Å². The van der Waals surface area contributed by atoms with E-state index in [1.54, 1.807) is 20.8 Å². The number of carboxylic acids is 1. The Morgan fingerprint density at radius 3 is 2.26 bits per heavy atom. The normalized spacial score (nSPS) is 12.4. The van der Waals surface area contributed by atoms with E-state index in [4.69, 9.17) is 9.84 Å². The molecule has 110 valence electrons. The van der Waals surface area contributed by atoms with E-state index in [9.17, 15) is 14.4 Å². The standard InChI is InChI=1S/C12H22N2O5/c1-5-6-8(10(17)13-7-9(15)16)14-11(18)19-12(2,3)4/h8H,5-7H2,1-4H3,(H,13,17)(H,14,18)(H,15,16)/t8-/m0/s1. The van der Waals surface area contributed by atoms with Gasteiger partial charge in [0.1, 0.15) is 18.2 Å². The van der Waals surface area contributed by atoms with Crippen LogP contribution in [0.4, 0.5) is 4.79 Å². The van der Waals surface area contributed by atoms with Crippen molar-refractivity contribution >= 4 is 18.0 Å². The Morgan fingerprint density at radius 1 is 1.26 bits per heavy atom. The molecule has 1 atom stereocenters. The molecule has 0 aromatic rings. The zero-order valence-electron chi connectivity index (χ0n) is 11.8. The van der Waals surface area contributed by atoms with Crippen molar-refractivity contribution in [3.8, 4) is 0 Å². The topological polar surface area (TPSA) is 105 Å². The van der Waals surface area contributed by atoms with Crippen LogP contribution in [0.5, 0.6) is 0 Å². The van der Waals surface area contributed by atoms with Gasteiger partial charge in [-0.1, -0.05) is 13.3 Å². The van der Waals surface area contributed by atoms with Crippen molar-refractivity contribution < 1.29 is 24.2 Å². The van der Waals surface area contributed by atoms with E-state index >= 15 is 0 Å². The van der Waals surface area contributed by atoms with Crippen LogP contribution in [0, 0.1) is 0 Å². The number of carbonyl (C=O) groups excluding carboxylic acids is 2. The summed E-state index contributed by atoms with van der Waals surface area (Å²) < 4.78 is 5.04. The average Bonchev–Trinajstić information content (AvgIpc) is 2.22. The number of nitrogens with one attached hydrogen (secondary N) is 2. The van der Waals surface area contributed by atoms with Crippen molar-refractivity contribution in [3.05, 3.63) is 0 Å². The molecule has 7 nitrogen and oxygen atoms in total. The van der Waals surface area contributed by atoms with Gasteiger partial charge in [0.2, 0.25) is 5.91 Å². The highest BCUT2D eigenvalue weighted by molar-refractivity contribution is 5.87. The second-order valence-electron chi connectivity index (χ2n) is 5.10. The fourth-order valence-electron chi connectivity index (χ4n) is 1.29. The molecule has 0 rings (SSSR count). The lowest BCUT2D eigenvalue weighted by Crippen LogP contribution is -2.49. The molecule has 0 bridgehead atoms. The van der Waals surface area contributed by atoms with Gasteiger partial charge in [0.05, 0.1) is 0 Å². The zero-order chi connectivity index (χ0) is 15.1. The maximum Gasteiger partial charge on any atom is 0.408 e. The van der Waals surface area contributed by atoms with Crippen LogP contribution in [0.2, 0.25) is 0 Å². The Kier molecular flexibility index (Phi) is 6.89. The van der Waals surface area contributed by atoms with Gasteiger partial charge < -0.3 is 20.5 Å². The number of aliphatic carboxylic acids is 1. The molecule has 19 heavy (non-hydrogen) atoms. The summed E-state index contributed by atoms with van der Waals surface area (Å²) in [4.78, 5) is 33.6. The smallest absolute Gasteiger partial charge is 0.408 e. The molecule has 2 amide bonds. The summed E-state index contributed by atoms with van der Waals surface area (Å²) in [5.74, 6) is -1.67. The molecular weight excluding hydrogens is 252 g/mol. The van der Waals surface area contributed by atoms with Gasteiger partial charge in [-0.05, 0) is 27.2 Å². The minimum Gasteiger partial charge on any atom is -0.480 e. The highest BCUT2D eigenvalue weighted by Gasteiger charge is 2.23. The Bertz CT molecular complexity index is 336. The third-order valence-corrected chi connectivity index (χ3v) is 2.00. The summed E-state index contributed by atoms with van der Waals surface area (Å²) in [7, 11) is 0. The third-order valence-electron chi connectivity index (χ3n) is 2.00. The maximum atomic E-state index is 11.7. The van der Waals surface area contributed by atoms with Crippen LogP contribution in [-0.2, 0) is 14.3 Å². The number of carbonyl (C=O) groups is 3. The first-order valence-corrected chi connectivity index (χ1v) is 6.14. The van der Waals surface area contributed by atoms with Gasteiger partial charge in [0.25, 0.3) is 0 Å².